The van der Waals surface area contributed by atoms with Crippen molar-refractivity contribution >= 4 is 0 Å². The van der Waals surface area contributed by atoms with Crippen LogP contribution in [-0.2, 0) is 6.54 Å². The minimum Gasteiger partial charge on any atom is -0.316 e. The Kier molecular flexibility index (Phi) is 4.18. The SMILES string of the molecule is c1ccc(CNCCC2CCNC2)cc1. The van der Waals surface area contributed by atoms with Crippen molar-refractivity contribution in [2.45, 2.75) is 19.4 Å². The Morgan fingerprint density at radius 3 is 2.87 bits per heavy atom. The quantitative estimate of drug-likeness (QED) is 0.714. The number of nitrogens with one attached hydrogen (secondary N) is 2. The van der Waals surface area contributed by atoms with E-state index in [4.69, 9.17) is 0 Å². The molecule has 15 heavy (non-hydrogen) atoms. The molecule has 0 aliphatic carbocycles. The van der Waals surface area contributed by atoms with Crippen LogP contribution in [0.15, 0.2) is 30.3 Å². The third-order valence-electron chi connectivity index (χ3n) is 3.06. The Morgan fingerprint density at radius 1 is 1.27 bits per heavy atom. The Labute approximate surface area is 92.1 Å². The number of hydrogen-bond acceptors (Lipinski definition) is 2. The largest absolute Gasteiger partial charge is 0.316 e. The summed E-state index contributed by atoms with van der Waals surface area (Å²) in [5.74, 6) is 0.897. The van der Waals surface area contributed by atoms with E-state index in [1.807, 2.05) is 0 Å². The van der Waals surface area contributed by atoms with Gasteiger partial charge in [0.25, 0.3) is 0 Å². The summed E-state index contributed by atoms with van der Waals surface area (Å²) < 4.78 is 0. The molecule has 0 spiro atoms. The predicted molar refractivity (Wildman–Crippen MR) is 63.7 cm³/mol. The van der Waals surface area contributed by atoms with Gasteiger partial charge in [-0.1, -0.05) is 30.3 Å². The van der Waals surface area contributed by atoms with Crippen LogP contribution in [0.1, 0.15) is 18.4 Å². The molecular formula is C13H20N2. The van der Waals surface area contributed by atoms with Crippen LogP contribution in [-0.4, -0.2) is 19.6 Å². The molecule has 0 bridgehead atoms. The van der Waals surface area contributed by atoms with Crippen molar-refractivity contribution in [3.8, 4) is 0 Å². The number of benzene rings is 1. The summed E-state index contributed by atoms with van der Waals surface area (Å²) in [5, 5.41) is 6.90. The summed E-state index contributed by atoms with van der Waals surface area (Å²) in [7, 11) is 0. The third kappa shape index (κ3) is 3.65. The summed E-state index contributed by atoms with van der Waals surface area (Å²) in [6, 6.07) is 10.6. The van der Waals surface area contributed by atoms with E-state index in [9.17, 15) is 0 Å². The highest BCUT2D eigenvalue weighted by Gasteiger charge is 2.12. The monoisotopic (exact) mass is 204 g/mol. The fourth-order valence-electron chi connectivity index (χ4n) is 2.10. The molecule has 0 radical (unpaired) electrons. The zero-order valence-electron chi connectivity index (χ0n) is 9.21. The van der Waals surface area contributed by atoms with Gasteiger partial charge in [0.1, 0.15) is 0 Å². The smallest absolute Gasteiger partial charge is 0.0205 e. The van der Waals surface area contributed by atoms with Crippen molar-refractivity contribution < 1.29 is 0 Å². The molecule has 1 saturated heterocycles. The van der Waals surface area contributed by atoms with E-state index >= 15 is 0 Å². The lowest BCUT2D eigenvalue weighted by Crippen LogP contribution is -2.19. The molecule has 1 atom stereocenters. The Bertz CT molecular complexity index is 265. The van der Waals surface area contributed by atoms with Crippen LogP contribution in [0, 0.1) is 5.92 Å². The van der Waals surface area contributed by atoms with Crippen LogP contribution in [0.4, 0.5) is 0 Å². The van der Waals surface area contributed by atoms with Gasteiger partial charge in [0.15, 0.2) is 0 Å². The van der Waals surface area contributed by atoms with Crippen molar-refractivity contribution in [3.05, 3.63) is 35.9 Å². The zero-order chi connectivity index (χ0) is 10.3. The standard InChI is InChI=1S/C13H20N2/c1-2-4-12(5-3-1)10-14-8-6-13-7-9-15-11-13/h1-5,13-15H,6-11H2. The van der Waals surface area contributed by atoms with Crippen molar-refractivity contribution in [2.24, 2.45) is 5.92 Å². The van der Waals surface area contributed by atoms with Crippen molar-refractivity contribution in [3.63, 3.8) is 0 Å². The van der Waals surface area contributed by atoms with E-state index in [-0.39, 0.29) is 0 Å². The second-order valence-corrected chi connectivity index (χ2v) is 4.31. The maximum atomic E-state index is 3.50. The molecule has 1 aliphatic rings. The highest BCUT2D eigenvalue weighted by molar-refractivity contribution is 5.14. The third-order valence-corrected chi connectivity index (χ3v) is 3.06. The van der Waals surface area contributed by atoms with Crippen LogP contribution in [0.5, 0.6) is 0 Å². The molecule has 2 rings (SSSR count). The van der Waals surface area contributed by atoms with Crippen LogP contribution >= 0.6 is 0 Å². The molecule has 1 aliphatic heterocycles. The van der Waals surface area contributed by atoms with E-state index in [0.717, 1.165) is 19.0 Å². The summed E-state index contributed by atoms with van der Waals surface area (Å²) in [4.78, 5) is 0. The van der Waals surface area contributed by atoms with Gasteiger partial charge in [0.2, 0.25) is 0 Å². The first kappa shape index (κ1) is 10.7. The first-order chi connectivity index (χ1) is 7.45. The Morgan fingerprint density at radius 2 is 2.13 bits per heavy atom. The second-order valence-electron chi connectivity index (χ2n) is 4.31. The molecule has 2 heteroatoms. The molecule has 82 valence electrons. The van der Waals surface area contributed by atoms with Gasteiger partial charge >= 0.3 is 0 Å². The predicted octanol–water partition coefficient (Wildman–Crippen LogP) is 1.78. The highest BCUT2D eigenvalue weighted by atomic mass is 14.9. The van der Waals surface area contributed by atoms with Crippen LogP contribution < -0.4 is 10.6 Å². The van der Waals surface area contributed by atoms with Crippen LogP contribution in [0.25, 0.3) is 0 Å². The summed E-state index contributed by atoms with van der Waals surface area (Å²) in [6.45, 7) is 4.57. The number of hydrogen-bond donors (Lipinski definition) is 2. The maximum Gasteiger partial charge on any atom is 0.0205 e. The van der Waals surface area contributed by atoms with E-state index in [0.29, 0.717) is 0 Å². The van der Waals surface area contributed by atoms with Gasteiger partial charge in [-0.2, -0.15) is 0 Å². The van der Waals surface area contributed by atoms with Crippen LogP contribution in [0.2, 0.25) is 0 Å². The minimum absolute atomic E-state index is 0.897. The van der Waals surface area contributed by atoms with E-state index in [2.05, 4.69) is 41.0 Å². The summed E-state index contributed by atoms with van der Waals surface area (Å²) in [6.07, 6.45) is 2.66. The lowest BCUT2D eigenvalue weighted by molar-refractivity contribution is 0.500. The topological polar surface area (TPSA) is 24.1 Å². The van der Waals surface area contributed by atoms with Gasteiger partial charge in [-0.05, 0) is 44.0 Å². The van der Waals surface area contributed by atoms with Gasteiger partial charge in [0, 0.05) is 6.54 Å². The highest BCUT2D eigenvalue weighted by Crippen LogP contribution is 2.10. The van der Waals surface area contributed by atoms with Gasteiger partial charge < -0.3 is 10.6 Å². The molecule has 2 nitrogen and oxygen atoms in total. The van der Waals surface area contributed by atoms with Crippen molar-refractivity contribution in [1.82, 2.24) is 10.6 Å². The molecule has 1 fully saturated rings. The first-order valence-electron chi connectivity index (χ1n) is 5.90. The van der Waals surface area contributed by atoms with Crippen LogP contribution in [0.3, 0.4) is 0 Å². The lowest BCUT2D eigenvalue weighted by Gasteiger charge is -2.09. The number of rotatable bonds is 5. The van der Waals surface area contributed by atoms with E-state index < -0.39 is 0 Å². The molecule has 1 aromatic carbocycles. The lowest BCUT2D eigenvalue weighted by atomic mass is 10.1. The Hall–Kier alpha value is -0.860. The first-order valence-corrected chi connectivity index (χ1v) is 5.90. The van der Waals surface area contributed by atoms with Gasteiger partial charge in [-0.25, -0.2) is 0 Å². The van der Waals surface area contributed by atoms with E-state index in [1.54, 1.807) is 0 Å². The average molecular weight is 204 g/mol. The molecule has 1 aromatic rings. The molecule has 2 N–H and O–H groups in total. The molecule has 0 amide bonds. The summed E-state index contributed by atoms with van der Waals surface area (Å²) in [5.41, 5.74) is 1.38. The van der Waals surface area contributed by atoms with Crippen molar-refractivity contribution in [1.29, 1.82) is 0 Å². The van der Waals surface area contributed by atoms with Gasteiger partial charge in [-0.15, -0.1) is 0 Å². The van der Waals surface area contributed by atoms with Gasteiger partial charge in [0.05, 0.1) is 0 Å². The molecule has 0 aromatic heterocycles. The summed E-state index contributed by atoms with van der Waals surface area (Å²) >= 11 is 0. The molecule has 0 saturated carbocycles. The average Bonchev–Trinajstić information content (AvgIpc) is 2.79. The maximum absolute atomic E-state index is 3.50. The Balaban J connectivity index is 1.59. The molecule has 1 unspecified atom stereocenters. The fourth-order valence-corrected chi connectivity index (χ4v) is 2.10. The zero-order valence-corrected chi connectivity index (χ0v) is 9.21. The molecular weight excluding hydrogens is 184 g/mol. The second kappa shape index (κ2) is 5.89. The van der Waals surface area contributed by atoms with Crippen molar-refractivity contribution in [2.75, 3.05) is 19.6 Å². The molecule has 1 heterocycles. The normalized spacial score (nSPS) is 20.7. The minimum atomic E-state index is 0.897. The van der Waals surface area contributed by atoms with E-state index in [1.165, 1.54) is 31.5 Å². The fraction of sp³-hybridized carbons (Fsp3) is 0.538. The van der Waals surface area contributed by atoms with Gasteiger partial charge in [-0.3, -0.25) is 0 Å².